The van der Waals surface area contributed by atoms with E-state index in [4.69, 9.17) is 0 Å². The molecule has 3 rings (SSSR count). The first-order valence-corrected chi connectivity index (χ1v) is 11.5. The number of amides is 1. The van der Waals surface area contributed by atoms with Crippen molar-refractivity contribution in [3.8, 4) is 0 Å². The van der Waals surface area contributed by atoms with Gasteiger partial charge in [-0.3, -0.25) is 19.7 Å². The number of thioether (sulfide) groups is 1. The van der Waals surface area contributed by atoms with E-state index in [0.29, 0.717) is 18.6 Å². The molecule has 31 heavy (non-hydrogen) atoms. The zero-order valence-electron chi connectivity index (χ0n) is 16.7. The molecule has 0 saturated carbocycles. The van der Waals surface area contributed by atoms with Crippen LogP contribution in [0.25, 0.3) is 0 Å². The molecular weight excluding hydrogens is 460 g/mol. The van der Waals surface area contributed by atoms with Gasteiger partial charge in [0.2, 0.25) is 5.91 Å². The average molecular weight is 485 g/mol. The molecule has 168 valence electrons. The molecule has 2 heterocycles. The summed E-state index contributed by atoms with van der Waals surface area (Å²) in [5.74, 6) is -2.09. The van der Waals surface area contributed by atoms with Gasteiger partial charge in [0, 0.05) is 17.2 Å². The maximum absolute atomic E-state index is 13.0. The van der Waals surface area contributed by atoms with Crippen LogP contribution in [-0.2, 0) is 20.8 Å². The third-order valence-corrected chi connectivity index (χ3v) is 7.38. The van der Waals surface area contributed by atoms with Crippen LogP contribution in [0.1, 0.15) is 22.1 Å². The Kier molecular flexibility index (Phi) is 9.83. The van der Waals surface area contributed by atoms with Crippen molar-refractivity contribution in [2.24, 2.45) is 0 Å². The standard InChI is InChI=1S/C21H24N2O5S2.ClH/c24-19(25)12-23-11-18(17-7-4-10-29-17)30-13-16(20(23)26)22-15(21(27)28)9-8-14-5-2-1-3-6-14;/h1-7,10,15-16,18,22H,8-9,11-13H2,(H,24,25)(H,27,28);1H/t15-,16-,18-;/m0./s1. The molecule has 0 bridgehead atoms. The maximum atomic E-state index is 13.0. The van der Waals surface area contributed by atoms with Crippen molar-refractivity contribution in [3.05, 3.63) is 58.3 Å². The van der Waals surface area contributed by atoms with Crippen molar-refractivity contribution >= 4 is 53.4 Å². The number of hydrogen-bond acceptors (Lipinski definition) is 6. The number of rotatable bonds is 9. The number of carboxylic acids is 2. The fourth-order valence-electron chi connectivity index (χ4n) is 3.40. The lowest BCUT2D eigenvalue weighted by Crippen LogP contribution is -2.53. The first-order chi connectivity index (χ1) is 14.4. The molecule has 7 nitrogen and oxygen atoms in total. The van der Waals surface area contributed by atoms with E-state index in [9.17, 15) is 24.6 Å². The zero-order chi connectivity index (χ0) is 21.5. The highest BCUT2D eigenvalue weighted by molar-refractivity contribution is 7.99. The highest BCUT2D eigenvalue weighted by Crippen LogP contribution is 2.35. The largest absolute Gasteiger partial charge is 0.480 e. The molecule has 10 heteroatoms. The molecule has 1 amide bonds. The first kappa shape index (κ1) is 25.2. The average Bonchev–Trinajstić information content (AvgIpc) is 3.21. The Bertz CT molecular complexity index is 866. The van der Waals surface area contributed by atoms with Crippen LogP contribution in [0.3, 0.4) is 0 Å². The maximum Gasteiger partial charge on any atom is 0.323 e. The summed E-state index contributed by atoms with van der Waals surface area (Å²) in [6, 6.07) is 11.8. The molecule has 1 saturated heterocycles. The summed E-state index contributed by atoms with van der Waals surface area (Å²) < 4.78 is 0. The molecule has 1 aliphatic heterocycles. The molecule has 0 unspecified atom stereocenters. The van der Waals surface area contributed by atoms with Gasteiger partial charge in [0.05, 0.1) is 11.3 Å². The van der Waals surface area contributed by atoms with Crippen LogP contribution >= 0.6 is 35.5 Å². The van der Waals surface area contributed by atoms with E-state index in [-0.39, 0.29) is 30.1 Å². The van der Waals surface area contributed by atoms with Gasteiger partial charge in [0.15, 0.2) is 0 Å². The third kappa shape index (κ3) is 7.24. The topological polar surface area (TPSA) is 107 Å². The van der Waals surface area contributed by atoms with Crippen LogP contribution in [0.5, 0.6) is 0 Å². The van der Waals surface area contributed by atoms with Crippen molar-refractivity contribution in [2.45, 2.75) is 30.2 Å². The number of aryl methyl sites for hydroxylation is 1. The predicted octanol–water partition coefficient (Wildman–Crippen LogP) is 2.92. The molecule has 3 atom stereocenters. The number of thiophene rings is 1. The number of benzene rings is 1. The summed E-state index contributed by atoms with van der Waals surface area (Å²) in [5, 5.41) is 23.8. The highest BCUT2D eigenvalue weighted by Gasteiger charge is 2.35. The second-order valence-electron chi connectivity index (χ2n) is 7.08. The first-order valence-electron chi connectivity index (χ1n) is 9.62. The molecule has 1 fully saturated rings. The minimum Gasteiger partial charge on any atom is -0.480 e. The summed E-state index contributed by atoms with van der Waals surface area (Å²) in [6.45, 7) is -0.114. The van der Waals surface area contributed by atoms with E-state index in [0.717, 1.165) is 10.4 Å². The van der Waals surface area contributed by atoms with Gasteiger partial charge in [-0.2, -0.15) is 0 Å². The van der Waals surface area contributed by atoms with E-state index in [2.05, 4.69) is 5.32 Å². The van der Waals surface area contributed by atoms with E-state index in [1.165, 1.54) is 4.90 Å². The Morgan fingerprint density at radius 1 is 1.16 bits per heavy atom. The van der Waals surface area contributed by atoms with Crippen molar-refractivity contribution in [1.29, 1.82) is 0 Å². The van der Waals surface area contributed by atoms with Crippen molar-refractivity contribution in [2.75, 3.05) is 18.8 Å². The molecule has 0 spiro atoms. The van der Waals surface area contributed by atoms with Crippen molar-refractivity contribution in [1.82, 2.24) is 10.2 Å². The number of nitrogens with zero attached hydrogens (tertiary/aromatic N) is 1. The van der Waals surface area contributed by atoms with Crippen LogP contribution in [-0.4, -0.2) is 63.9 Å². The Morgan fingerprint density at radius 2 is 1.90 bits per heavy atom. The number of carbonyl (C=O) groups is 3. The van der Waals surface area contributed by atoms with E-state index < -0.39 is 30.6 Å². The lowest BCUT2D eigenvalue weighted by molar-refractivity contribution is -0.146. The smallest absolute Gasteiger partial charge is 0.323 e. The molecule has 1 aromatic heterocycles. The van der Waals surface area contributed by atoms with Gasteiger partial charge in [0.1, 0.15) is 12.6 Å². The number of carbonyl (C=O) groups excluding carboxylic acids is 1. The van der Waals surface area contributed by atoms with Gasteiger partial charge in [-0.05, 0) is 29.9 Å². The number of nitrogens with one attached hydrogen (secondary N) is 1. The predicted molar refractivity (Wildman–Crippen MR) is 124 cm³/mol. The molecule has 1 aromatic carbocycles. The van der Waals surface area contributed by atoms with Crippen molar-refractivity contribution in [3.63, 3.8) is 0 Å². The molecule has 0 radical (unpaired) electrons. The number of aliphatic carboxylic acids is 2. The molecule has 2 aromatic rings. The van der Waals surface area contributed by atoms with Crippen LogP contribution < -0.4 is 5.32 Å². The Balaban J connectivity index is 0.00000341. The monoisotopic (exact) mass is 484 g/mol. The summed E-state index contributed by atoms with van der Waals surface area (Å²) in [6.07, 6.45) is 0.899. The van der Waals surface area contributed by atoms with E-state index in [1.54, 1.807) is 23.1 Å². The lowest BCUT2D eigenvalue weighted by atomic mass is 10.0. The summed E-state index contributed by atoms with van der Waals surface area (Å²) in [5.41, 5.74) is 1.03. The van der Waals surface area contributed by atoms with Gasteiger partial charge >= 0.3 is 11.9 Å². The summed E-state index contributed by atoms with van der Waals surface area (Å²) in [4.78, 5) is 38.5. The second-order valence-corrected chi connectivity index (χ2v) is 9.30. The molecule has 0 aliphatic carbocycles. The van der Waals surface area contributed by atoms with Gasteiger partial charge in [-0.25, -0.2) is 0 Å². The van der Waals surface area contributed by atoms with Gasteiger partial charge in [-0.1, -0.05) is 36.4 Å². The van der Waals surface area contributed by atoms with Crippen molar-refractivity contribution < 1.29 is 24.6 Å². The van der Waals surface area contributed by atoms with E-state index in [1.807, 2.05) is 47.8 Å². The SMILES string of the molecule is Cl.O=C(O)CN1C[C@@H](c2cccs2)SC[C@H](N[C@@H](CCc2ccccc2)C(=O)O)C1=O. The van der Waals surface area contributed by atoms with Gasteiger partial charge in [0.25, 0.3) is 0 Å². The fourth-order valence-corrected chi connectivity index (χ4v) is 5.66. The van der Waals surface area contributed by atoms with Crippen LogP contribution in [0, 0.1) is 0 Å². The lowest BCUT2D eigenvalue weighted by Gasteiger charge is -2.26. The number of halogens is 1. The van der Waals surface area contributed by atoms with Crippen LogP contribution in [0.15, 0.2) is 47.8 Å². The van der Waals surface area contributed by atoms with Crippen LogP contribution in [0.4, 0.5) is 0 Å². The Morgan fingerprint density at radius 3 is 2.52 bits per heavy atom. The second kappa shape index (κ2) is 12.1. The minimum absolute atomic E-state index is 0. The van der Waals surface area contributed by atoms with Crippen LogP contribution in [0.2, 0.25) is 0 Å². The summed E-state index contributed by atoms with van der Waals surface area (Å²) >= 11 is 3.12. The van der Waals surface area contributed by atoms with Gasteiger partial charge < -0.3 is 15.1 Å². The molecule has 1 aliphatic rings. The fraction of sp³-hybridized carbons (Fsp3) is 0.381. The normalized spacial score (nSPS) is 19.9. The number of hydrogen-bond donors (Lipinski definition) is 3. The Labute approximate surface area is 195 Å². The zero-order valence-corrected chi connectivity index (χ0v) is 19.1. The van der Waals surface area contributed by atoms with E-state index >= 15 is 0 Å². The highest BCUT2D eigenvalue weighted by atomic mass is 35.5. The third-order valence-electron chi connectivity index (χ3n) is 4.91. The summed E-state index contributed by atoms with van der Waals surface area (Å²) in [7, 11) is 0. The molecule has 3 N–H and O–H groups in total. The van der Waals surface area contributed by atoms with Gasteiger partial charge in [-0.15, -0.1) is 35.5 Å². The molecular formula is C21H25ClN2O5S2. The Hall–Kier alpha value is -2.07. The quantitative estimate of drug-likeness (QED) is 0.502. The number of carboxylic acid groups (broad SMARTS) is 2. The minimum atomic E-state index is -1.09.